The third kappa shape index (κ3) is 4.91. The Morgan fingerprint density at radius 2 is 1.37 bits per heavy atom. The average Bonchev–Trinajstić information content (AvgIpc) is 3.30. The highest BCUT2D eigenvalue weighted by molar-refractivity contribution is 6.00. The highest BCUT2D eigenvalue weighted by Gasteiger charge is 2.15. The van der Waals surface area contributed by atoms with E-state index in [1.807, 2.05) is 84.9 Å². The van der Waals surface area contributed by atoms with Gasteiger partial charge < -0.3 is 14.3 Å². The summed E-state index contributed by atoms with van der Waals surface area (Å²) in [5, 5.41) is 13.0. The van der Waals surface area contributed by atoms with Crippen LogP contribution < -0.4 is 5.32 Å². The van der Waals surface area contributed by atoms with Crippen LogP contribution in [0.15, 0.2) is 108 Å². The van der Waals surface area contributed by atoms with E-state index in [9.17, 15) is 14.7 Å². The van der Waals surface area contributed by atoms with E-state index in [0.717, 1.165) is 27.6 Å². The largest absolute Gasteiger partial charge is 0.478 e. The van der Waals surface area contributed by atoms with Crippen molar-refractivity contribution in [2.24, 2.45) is 0 Å². The van der Waals surface area contributed by atoms with Gasteiger partial charge in [-0.1, -0.05) is 72.8 Å². The van der Waals surface area contributed by atoms with E-state index in [0.29, 0.717) is 11.3 Å². The molecule has 35 heavy (non-hydrogen) atoms. The summed E-state index contributed by atoms with van der Waals surface area (Å²) in [6, 6.07) is 32.0. The number of nitrogens with one attached hydrogen (secondary N) is 1. The molecule has 0 unspecified atom stereocenters. The number of carboxylic acids is 1. The second-order valence-electron chi connectivity index (χ2n) is 7.96. The Kier molecular flexibility index (Phi) is 6.01. The zero-order valence-corrected chi connectivity index (χ0v) is 18.6. The van der Waals surface area contributed by atoms with Gasteiger partial charge in [0.25, 0.3) is 0 Å². The normalized spacial score (nSPS) is 10.7. The fourth-order valence-electron chi connectivity index (χ4n) is 3.91. The van der Waals surface area contributed by atoms with Crippen molar-refractivity contribution in [1.82, 2.24) is 0 Å². The lowest BCUT2D eigenvalue weighted by Gasteiger charge is -2.11. The lowest BCUT2D eigenvalue weighted by molar-refractivity contribution is 0.0698. The van der Waals surface area contributed by atoms with Gasteiger partial charge in [-0.25, -0.2) is 9.59 Å². The maximum absolute atomic E-state index is 12.5. The van der Waals surface area contributed by atoms with E-state index in [2.05, 4.69) is 5.32 Å². The minimum absolute atomic E-state index is 0.0289. The van der Waals surface area contributed by atoms with Crippen LogP contribution in [0.5, 0.6) is 0 Å². The smallest absolute Gasteiger partial charge is 0.412 e. The molecular formula is C29H21NO5. The van der Waals surface area contributed by atoms with Crippen molar-refractivity contribution in [1.29, 1.82) is 0 Å². The standard InChI is InChI=1S/C29H21NO5/c31-28(32)25-13-11-22(20-9-5-2-6-10-20)17-26(25)30-29(33)34-18-24-16-23-15-21(12-14-27(23)35-24)19-7-3-1-4-8-19/h1-17H,18H2,(H,30,33)(H,31,32). The van der Waals surface area contributed by atoms with Gasteiger partial charge in [0.15, 0.2) is 6.61 Å². The molecule has 1 heterocycles. The summed E-state index contributed by atoms with van der Waals surface area (Å²) in [6.07, 6.45) is -0.775. The van der Waals surface area contributed by atoms with Crippen molar-refractivity contribution < 1.29 is 23.8 Å². The van der Waals surface area contributed by atoms with E-state index < -0.39 is 12.1 Å². The maximum Gasteiger partial charge on any atom is 0.412 e. The third-order valence-corrected chi connectivity index (χ3v) is 5.61. The van der Waals surface area contributed by atoms with Crippen LogP contribution >= 0.6 is 0 Å². The summed E-state index contributed by atoms with van der Waals surface area (Å²) < 4.78 is 11.1. The first-order chi connectivity index (χ1) is 17.1. The molecule has 0 aliphatic heterocycles. The molecule has 172 valence electrons. The average molecular weight is 463 g/mol. The number of fused-ring (bicyclic) bond motifs is 1. The van der Waals surface area contributed by atoms with Crippen LogP contribution in [0, 0.1) is 0 Å². The first-order valence-corrected chi connectivity index (χ1v) is 11.0. The second-order valence-corrected chi connectivity index (χ2v) is 7.96. The van der Waals surface area contributed by atoms with Crippen molar-refractivity contribution in [3.05, 3.63) is 114 Å². The van der Waals surface area contributed by atoms with Gasteiger partial charge in [-0.05, 0) is 52.6 Å². The number of rotatable bonds is 6. The van der Waals surface area contributed by atoms with Crippen molar-refractivity contribution in [2.75, 3.05) is 5.32 Å². The second kappa shape index (κ2) is 9.57. The Morgan fingerprint density at radius 1 is 0.743 bits per heavy atom. The molecule has 1 aromatic heterocycles. The maximum atomic E-state index is 12.5. The minimum Gasteiger partial charge on any atom is -0.478 e. The molecule has 5 rings (SSSR count). The third-order valence-electron chi connectivity index (χ3n) is 5.61. The van der Waals surface area contributed by atoms with Crippen LogP contribution in [-0.2, 0) is 11.3 Å². The minimum atomic E-state index is -1.15. The first-order valence-electron chi connectivity index (χ1n) is 11.0. The predicted molar refractivity (Wildman–Crippen MR) is 134 cm³/mol. The van der Waals surface area contributed by atoms with Crippen LogP contribution in [0.1, 0.15) is 16.1 Å². The van der Waals surface area contributed by atoms with E-state index in [-0.39, 0.29) is 17.9 Å². The molecule has 1 amide bonds. The van der Waals surface area contributed by atoms with Gasteiger partial charge in [0.1, 0.15) is 11.3 Å². The number of furan rings is 1. The van der Waals surface area contributed by atoms with Gasteiger partial charge in [0, 0.05) is 5.39 Å². The van der Waals surface area contributed by atoms with Gasteiger partial charge in [0.2, 0.25) is 0 Å². The van der Waals surface area contributed by atoms with Crippen molar-refractivity contribution in [3.8, 4) is 22.3 Å². The fraction of sp³-hybridized carbons (Fsp3) is 0.0345. The molecule has 0 spiro atoms. The molecule has 6 heteroatoms. The van der Waals surface area contributed by atoms with E-state index in [1.54, 1.807) is 12.1 Å². The molecule has 0 fully saturated rings. The Balaban J connectivity index is 1.30. The van der Waals surface area contributed by atoms with E-state index in [4.69, 9.17) is 9.15 Å². The molecule has 0 saturated heterocycles. The molecular weight excluding hydrogens is 442 g/mol. The molecule has 0 saturated carbocycles. The fourth-order valence-corrected chi connectivity index (χ4v) is 3.91. The summed E-state index contributed by atoms with van der Waals surface area (Å²) in [5.41, 5.74) is 4.64. The van der Waals surface area contributed by atoms with Crippen molar-refractivity contribution in [3.63, 3.8) is 0 Å². The molecule has 5 aromatic rings. The van der Waals surface area contributed by atoms with Crippen molar-refractivity contribution >= 4 is 28.7 Å². The number of carbonyl (C=O) groups is 2. The first kappa shape index (κ1) is 22.0. The van der Waals surface area contributed by atoms with Gasteiger partial charge in [-0.2, -0.15) is 0 Å². The topological polar surface area (TPSA) is 88.8 Å². The van der Waals surface area contributed by atoms with Gasteiger partial charge in [0.05, 0.1) is 11.3 Å². The number of ether oxygens (including phenoxy) is 1. The Bertz CT molecular complexity index is 1510. The summed E-state index contributed by atoms with van der Waals surface area (Å²) in [5.74, 6) is -0.664. The van der Waals surface area contributed by atoms with Crippen LogP contribution in [0.4, 0.5) is 10.5 Å². The Morgan fingerprint density at radius 3 is 2.03 bits per heavy atom. The molecule has 2 N–H and O–H groups in total. The lowest BCUT2D eigenvalue weighted by Crippen LogP contribution is -2.16. The zero-order valence-electron chi connectivity index (χ0n) is 18.6. The highest BCUT2D eigenvalue weighted by Crippen LogP contribution is 2.28. The van der Waals surface area contributed by atoms with Crippen LogP contribution in [0.25, 0.3) is 33.2 Å². The van der Waals surface area contributed by atoms with Crippen LogP contribution in [0.3, 0.4) is 0 Å². The number of hydrogen-bond acceptors (Lipinski definition) is 4. The molecule has 0 bridgehead atoms. The predicted octanol–water partition coefficient (Wildman–Crippen LogP) is 7.21. The molecule has 4 aromatic carbocycles. The van der Waals surface area contributed by atoms with Gasteiger partial charge >= 0.3 is 12.1 Å². The van der Waals surface area contributed by atoms with Gasteiger partial charge in [-0.15, -0.1) is 0 Å². The lowest BCUT2D eigenvalue weighted by atomic mass is 10.0. The molecule has 0 atom stereocenters. The zero-order chi connectivity index (χ0) is 24.2. The van der Waals surface area contributed by atoms with Crippen LogP contribution in [-0.4, -0.2) is 17.2 Å². The number of benzene rings is 4. The SMILES string of the molecule is O=C(Nc1cc(-c2ccccc2)ccc1C(=O)O)OCc1cc2cc(-c3ccccc3)ccc2o1. The summed E-state index contributed by atoms with van der Waals surface area (Å²) >= 11 is 0. The number of carboxylic acid groups (broad SMARTS) is 1. The molecule has 0 radical (unpaired) electrons. The summed E-state index contributed by atoms with van der Waals surface area (Å²) in [4.78, 5) is 24.1. The number of amides is 1. The highest BCUT2D eigenvalue weighted by atomic mass is 16.6. The number of aromatic carboxylic acids is 1. The van der Waals surface area contributed by atoms with Gasteiger partial charge in [-0.3, -0.25) is 5.32 Å². The molecule has 6 nitrogen and oxygen atoms in total. The van der Waals surface area contributed by atoms with Crippen molar-refractivity contribution in [2.45, 2.75) is 6.61 Å². The summed E-state index contributed by atoms with van der Waals surface area (Å²) in [7, 11) is 0. The summed E-state index contributed by atoms with van der Waals surface area (Å²) in [6.45, 7) is -0.0953. The number of carbonyl (C=O) groups excluding carboxylic acids is 1. The Hall–Kier alpha value is -4.84. The van der Waals surface area contributed by atoms with E-state index in [1.165, 1.54) is 6.07 Å². The molecule has 0 aliphatic rings. The monoisotopic (exact) mass is 463 g/mol. The van der Waals surface area contributed by atoms with E-state index >= 15 is 0 Å². The Labute approximate surface area is 201 Å². The quantitative estimate of drug-likeness (QED) is 0.278. The number of hydrogen-bond donors (Lipinski definition) is 2. The van der Waals surface area contributed by atoms with Crippen LogP contribution in [0.2, 0.25) is 0 Å². The number of anilines is 1. The molecule has 0 aliphatic carbocycles.